The van der Waals surface area contributed by atoms with Crippen LogP contribution in [0.15, 0.2) is 59.0 Å². The van der Waals surface area contributed by atoms with E-state index in [9.17, 15) is 9.59 Å². The molecule has 0 N–H and O–H groups in total. The van der Waals surface area contributed by atoms with Crippen molar-refractivity contribution in [2.24, 2.45) is 0 Å². The van der Waals surface area contributed by atoms with Crippen LogP contribution in [-0.4, -0.2) is 11.6 Å². The van der Waals surface area contributed by atoms with Crippen LogP contribution in [0, 0.1) is 6.92 Å². The Hall–Kier alpha value is -2.94. The van der Waals surface area contributed by atoms with Crippen molar-refractivity contribution in [3.05, 3.63) is 82.6 Å². The van der Waals surface area contributed by atoms with Crippen molar-refractivity contribution in [3.8, 4) is 11.3 Å². The summed E-state index contributed by atoms with van der Waals surface area (Å²) in [6, 6.07) is 16.4. The average molecular weight is 288 g/mol. The largest absolute Gasteiger partial charge is 0.451 e. The summed E-state index contributed by atoms with van der Waals surface area (Å²) in [5, 5.41) is 0. The lowest BCUT2D eigenvalue weighted by atomic mass is 9.86. The second-order valence-corrected chi connectivity index (χ2v) is 5.33. The van der Waals surface area contributed by atoms with Crippen LogP contribution in [0.3, 0.4) is 0 Å². The molecule has 0 bridgehead atoms. The Bertz CT molecular complexity index is 917. The number of hydrogen-bond acceptors (Lipinski definition) is 3. The Labute approximate surface area is 127 Å². The molecule has 0 fully saturated rings. The fourth-order valence-electron chi connectivity index (χ4n) is 2.95. The highest BCUT2D eigenvalue weighted by Gasteiger charge is 2.35. The zero-order valence-corrected chi connectivity index (χ0v) is 11.9. The van der Waals surface area contributed by atoms with Gasteiger partial charge in [-0.2, -0.15) is 0 Å². The quantitative estimate of drug-likeness (QED) is 0.531. The fraction of sp³-hybridized carbons (Fsp3) is 0.0526. The van der Waals surface area contributed by atoms with E-state index in [1.807, 2.05) is 37.3 Å². The summed E-state index contributed by atoms with van der Waals surface area (Å²) in [6.07, 6.45) is 0. The maximum Gasteiger partial charge on any atom is 0.229 e. The van der Waals surface area contributed by atoms with Gasteiger partial charge in [-0.3, -0.25) is 9.59 Å². The van der Waals surface area contributed by atoms with Gasteiger partial charge in [0, 0.05) is 22.3 Å². The van der Waals surface area contributed by atoms with Crippen LogP contribution in [0.4, 0.5) is 0 Å². The van der Waals surface area contributed by atoms with Gasteiger partial charge < -0.3 is 4.42 Å². The second-order valence-electron chi connectivity index (χ2n) is 5.33. The number of fused-ring (bicyclic) bond motifs is 2. The molecule has 3 nitrogen and oxygen atoms in total. The second kappa shape index (κ2) is 4.53. The van der Waals surface area contributed by atoms with Crippen LogP contribution in [0.25, 0.3) is 11.3 Å². The van der Waals surface area contributed by atoms with Gasteiger partial charge in [-0.05, 0) is 6.92 Å². The third kappa shape index (κ3) is 1.62. The highest BCUT2D eigenvalue weighted by atomic mass is 16.4. The SMILES string of the molecule is Cc1c(-c2ccccc2)oc2c1C(=O)c1ccccc1C2=O. The van der Waals surface area contributed by atoms with Gasteiger partial charge in [-0.1, -0.05) is 54.6 Å². The Balaban J connectivity index is 1.98. The van der Waals surface area contributed by atoms with Crippen molar-refractivity contribution in [2.75, 3.05) is 0 Å². The van der Waals surface area contributed by atoms with Crippen LogP contribution in [0.2, 0.25) is 0 Å². The zero-order valence-electron chi connectivity index (χ0n) is 11.9. The maximum atomic E-state index is 12.7. The predicted molar refractivity (Wildman–Crippen MR) is 82.2 cm³/mol. The van der Waals surface area contributed by atoms with Crippen LogP contribution in [0.5, 0.6) is 0 Å². The number of carbonyl (C=O) groups excluding carboxylic acids is 2. The van der Waals surface area contributed by atoms with Gasteiger partial charge in [-0.25, -0.2) is 0 Å². The minimum atomic E-state index is -0.226. The van der Waals surface area contributed by atoms with Gasteiger partial charge in [0.25, 0.3) is 0 Å². The molecule has 0 radical (unpaired) electrons. The molecular weight excluding hydrogens is 276 g/mol. The van der Waals surface area contributed by atoms with Crippen molar-refractivity contribution < 1.29 is 14.0 Å². The van der Waals surface area contributed by atoms with E-state index < -0.39 is 0 Å². The average Bonchev–Trinajstić information content (AvgIpc) is 2.91. The lowest BCUT2D eigenvalue weighted by Crippen LogP contribution is -2.19. The first-order valence-electron chi connectivity index (χ1n) is 7.05. The van der Waals surface area contributed by atoms with Gasteiger partial charge in [-0.15, -0.1) is 0 Å². The number of carbonyl (C=O) groups is 2. The van der Waals surface area contributed by atoms with E-state index in [1.54, 1.807) is 24.3 Å². The first-order valence-corrected chi connectivity index (χ1v) is 7.05. The van der Waals surface area contributed by atoms with E-state index in [0.717, 1.165) is 5.56 Å². The van der Waals surface area contributed by atoms with Crippen LogP contribution in [-0.2, 0) is 0 Å². The van der Waals surface area contributed by atoms with Crippen molar-refractivity contribution >= 4 is 11.6 Å². The molecule has 1 aromatic heterocycles. The van der Waals surface area contributed by atoms with Crippen LogP contribution in [0.1, 0.15) is 37.6 Å². The molecule has 0 amide bonds. The molecule has 0 aliphatic heterocycles. The van der Waals surface area contributed by atoms with Gasteiger partial charge in [0.1, 0.15) is 5.76 Å². The summed E-state index contributed by atoms with van der Waals surface area (Å²) in [7, 11) is 0. The molecule has 2 aromatic carbocycles. The number of benzene rings is 2. The molecule has 0 unspecified atom stereocenters. The predicted octanol–water partition coefficient (Wildman–Crippen LogP) is 4.03. The lowest BCUT2D eigenvalue weighted by Gasteiger charge is -2.12. The lowest BCUT2D eigenvalue weighted by molar-refractivity contribution is 0.0960. The third-order valence-electron chi connectivity index (χ3n) is 4.03. The molecule has 1 heterocycles. The Morgan fingerprint density at radius 2 is 1.32 bits per heavy atom. The number of hydrogen-bond donors (Lipinski definition) is 0. The van der Waals surface area contributed by atoms with E-state index >= 15 is 0 Å². The molecule has 1 aliphatic rings. The molecule has 0 atom stereocenters. The molecule has 22 heavy (non-hydrogen) atoms. The topological polar surface area (TPSA) is 47.3 Å². The molecule has 0 spiro atoms. The molecule has 106 valence electrons. The van der Waals surface area contributed by atoms with Gasteiger partial charge in [0.15, 0.2) is 11.5 Å². The number of rotatable bonds is 1. The van der Waals surface area contributed by atoms with Gasteiger partial charge in [0.2, 0.25) is 5.78 Å². The Morgan fingerprint density at radius 1 is 0.727 bits per heavy atom. The molecule has 4 rings (SSSR count). The van der Waals surface area contributed by atoms with Crippen LogP contribution >= 0.6 is 0 Å². The maximum absolute atomic E-state index is 12.7. The minimum absolute atomic E-state index is 0.145. The van der Waals surface area contributed by atoms with E-state index in [1.165, 1.54) is 0 Å². The number of ketones is 2. The molecule has 0 saturated heterocycles. The summed E-state index contributed by atoms with van der Waals surface area (Å²) in [4.78, 5) is 25.3. The smallest absolute Gasteiger partial charge is 0.229 e. The molecule has 1 aliphatic carbocycles. The first kappa shape index (κ1) is 12.8. The van der Waals surface area contributed by atoms with Gasteiger partial charge in [0.05, 0.1) is 5.56 Å². The fourth-order valence-corrected chi connectivity index (χ4v) is 2.95. The van der Waals surface area contributed by atoms with E-state index in [4.69, 9.17) is 4.42 Å². The zero-order chi connectivity index (χ0) is 15.3. The molecule has 0 saturated carbocycles. The minimum Gasteiger partial charge on any atom is -0.451 e. The van der Waals surface area contributed by atoms with E-state index in [0.29, 0.717) is 28.0 Å². The highest BCUT2D eigenvalue weighted by molar-refractivity contribution is 6.28. The summed E-state index contributed by atoms with van der Waals surface area (Å²) >= 11 is 0. The highest BCUT2D eigenvalue weighted by Crippen LogP contribution is 2.37. The van der Waals surface area contributed by atoms with Crippen LogP contribution < -0.4 is 0 Å². The molecule has 3 heteroatoms. The van der Waals surface area contributed by atoms with Crippen molar-refractivity contribution in [3.63, 3.8) is 0 Å². The summed E-state index contributed by atoms with van der Waals surface area (Å²) < 4.78 is 5.79. The Kier molecular flexibility index (Phi) is 2.63. The normalized spacial score (nSPS) is 13.0. The van der Waals surface area contributed by atoms with Crippen molar-refractivity contribution in [1.29, 1.82) is 0 Å². The van der Waals surface area contributed by atoms with Crippen molar-refractivity contribution in [1.82, 2.24) is 0 Å². The molecule has 3 aromatic rings. The first-order chi connectivity index (χ1) is 10.7. The summed E-state index contributed by atoms with van der Waals surface area (Å²) in [5.41, 5.74) is 2.83. The van der Waals surface area contributed by atoms with Gasteiger partial charge >= 0.3 is 0 Å². The van der Waals surface area contributed by atoms with Crippen molar-refractivity contribution in [2.45, 2.75) is 6.92 Å². The summed E-state index contributed by atoms with van der Waals surface area (Å²) in [6.45, 7) is 1.82. The molecular formula is C19H12O3. The standard InChI is InChI=1S/C19H12O3/c1-11-15-16(20)13-9-5-6-10-14(13)17(21)19(15)22-18(11)12-7-3-2-4-8-12/h2-10H,1H3. The summed E-state index contributed by atoms with van der Waals surface area (Å²) in [5.74, 6) is 0.365. The van der Waals surface area contributed by atoms with E-state index in [2.05, 4.69) is 0 Å². The number of furan rings is 1. The Morgan fingerprint density at radius 3 is 2.00 bits per heavy atom. The monoisotopic (exact) mass is 288 g/mol. The van der Waals surface area contributed by atoms with E-state index in [-0.39, 0.29) is 17.3 Å². The third-order valence-corrected chi connectivity index (χ3v) is 4.03.